The molecule has 0 nitrogen and oxygen atoms in total. The predicted molar refractivity (Wildman–Crippen MR) is 0 cm³/mol. The molecule has 1 radical (unpaired) electrons. The molecule has 0 amide bonds. The first-order chi connectivity index (χ1) is 0. The number of hydrogen-bond donors (Lipinski definition) is 0. The van der Waals surface area contributed by atoms with E-state index >= 15 is 0 Å². The van der Waals surface area contributed by atoms with E-state index in [1.165, 1.54) is 0 Å². The van der Waals surface area contributed by atoms with Gasteiger partial charge in [0.2, 0.25) is 0 Å². The molecule has 0 aromatic heterocycles. The maximum Gasteiger partial charge on any atom is 0 e. The van der Waals surface area contributed by atoms with Gasteiger partial charge in [-0.25, -0.2) is 0 Å². The van der Waals surface area contributed by atoms with Crippen molar-refractivity contribution >= 4 is 0 Å². The van der Waals surface area contributed by atoms with Crippen LogP contribution in [0.5, 0.6) is 0 Å². The fraction of sp³-hybridized carbons (Fsp3) is 0. The molecule has 0 aromatic carbocycles. The van der Waals surface area contributed by atoms with Gasteiger partial charge in [-0.05, 0) is 0 Å². The first-order valence-corrected chi connectivity index (χ1v) is 0. The number of hydrogen-bond acceptors (Lipinski definition) is 0. The zero-order valence-corrected chi connectivity index (χ0v) is 46.3. The van der Waals surface area contributed by atoms with E-state index in [0.717, 1.165) is 0 Å². The summed E-state index contributed by atoms with van der Waals surface area (Å²) < 4.78 is 0. The molecule has 0 saturated carbocycles. The molecule has 0 bridgehead atoms. The molecule has 0 aromatic rings. The molecule has 32 heavy (non-hydrogen) atoms. The van der Waals surface area contributed by atoms with E-state index in [2.05, 4.69) is 0 Å². The summed E-state index contributed by atoms with van der Waals surface area (Å²) in [6.07, 6.45) is 0. The van der Waals surface area contributed by atoms with Gasteiger partial charge in [-0.15, -0.1) is 0 Å². The van der Waals surface area contributed by atoms with Crippen molar-refractivity contribution in [2.75, 3.05) is 0 Å². The Morgan fingerprint density at radius 1 is 0.0938 bits per heavy atom. The Kier molecular flexibility index (Phi) is 4690. The quantitative estimate of drug-likeness (QED) is 0.299. The van der Waals surface area contributed by atoms with Crippen molar-refractivity contribution in [3.05, 3.63) is 0 Å². The Balaban J connectivity index is 0. The van der Waals surface area contributed by atoms with Gasteiger partial charge in [-0.1, -0.05) is 0 Å². The topological polar surface area (TPSA) is 0 Å². The minimum Gasteiger partial charge on any atom is 0 e. The van der Waals surface area contributed by atoms with Crippen LogP contribution >= 0.6 is 0 Å². The second kappa shape index (κ2) is 375. The zero-order chi connectivity index (χ0) is 0. The van der Waals surface area contributed by atoms with E-state index in [0.29, 0.717) is 0 Å². The average molecular weight is 1800 g/mol. The van der Waals surface area contributed by atoms with Crippen molar-refractivity contribution in [1.82, 2.24) is 0 Å². The third-order valence-electron chi connectivity index (χ3n) is 0. The van der Waals surface area contributed by atoms with Gasteiger partial charge in [-0.2, -0.15) is 0 Å². The van der Waals surface area contributed by atoms with Crippen LogP contribution in [-0.2, 0) is 546 Å². The maximum atomic E-state index is 0. The van der Waals surface area contributed by atoms with E-state index < -0.39 is 0 Å². The monoisotopic (exact) mass is 1800 g/mol. The summed E-state index contributed by atoms with van der Waals surface area (Å²) in [7, 11) is 0. The molecule has 0 rings (SSSR count). The van der Waals surface area contributed by atoms with Crippen LogP contribution in [0.2, 0.25) is 0 Å². The minimum atomic E-state index is 0. The normalized spacial score (nSPS) is 0. The van der Waals surface area contributed by atoms with Crippen molar-refractivity contribution in [2.24, 2.45) is 0 Å². The first-order valence-electron chi connectivity index (χ1n) is 0. The largest absolute Gasteiger partial charge is 0 e. The average Bonchev–Trinajstić information content (AvgIpc) is 0. The Morgan fingerprint density at radius 3 is 0.0938 bits per heavy atom. The van der Waals surface area contributed by atoms with Gasteiger partial charge in [0.05, 0.1) is 0 Å². The Bertz CT molecular complexity index is 12.8. The molecule has 32 heteroatoms. The standard InChI is InChI=1S/Cu.30Fe.Ni. The third-order valence-corrected chi connectivity index (χ3v) is 0. The zero-order valence-electron chi connectivity index (χ0n) is 11.2. The van der Waals surface area contributed by atoms with E-state index in [4.69, 9.17) is 0 Å². The van der Waals surface area contributed by atoms with Crippen molar-refractivity contribution in [1.29, 1.82) is 0 Å². The summed E-state index contributed by atoms with van der Waals surface area (Å²) in [5.41, 5.74) is 0. The summed E-state index contributed by atoms with van der Waals surface area (Å²) in [5, 5.41) is 0. The fourth-order valence-electron chi connectivity index (χ4n) is 0. The molecule has 0 aliphatic carbocycles. The van der Waals surface area contributed by atoms with E-state index in [-0.39, 0.29) is 546 Å². The SMILES string of the molecule is [Cu].[Fe].[Fe].[Fe].[Fe].[Fe].[Fe].[Fe].[Fe].[Fe].[Fe].[Fe].[Fe].[Fe].[Fe].[Fe].[Fe].[Fe].[Fe].[Fe].[Fe].[Fe].[Fe].[Fe].[Fe].[Fe].[Fe].[Fe].[Fe].[Fe].[Fe].[Ni]. The molecule has 0 aliphatic rings. The molecule has 0 aliphatic heterocycles. The van der Waals surface area contributed by atoms with Gasteiger partial charge in [0.25, 0.3) is 0 Å². The van der Waals surface area contributed by atoms with Gasteiger partial charge in [0.15, 0.2) is 0 Å². The van der Waals surface area contributed by atoms with Gasteiger partial charge in [0, 0.05) is 546 Å². The predicted octanol–water partition coefficient (Wildman–Crippen LogP) is -0.0800. The summed E-state index contributed by atoms with van der Waals surface area (Å²) >= 11 is 0. The molecule has 0 spiro atoms. The van der Waals surface area contributed by atoms with E-state index in [1.807, 2.05) is 0 Å². The smallest absolute Gasteiger partial charge is 0 e. The van der Waals surface area contributed by atoms with Crippen molar-refractivity contribution in [3.63, 3.8) is 0 Å². The van der Waals surface area contributed by atoms with E-state index in [9.17, 15) is 0 Å². The third kappa shape index (κ3) is 352. The van der Waals surface area contributed by atoms with Gasteiger partial charge in [0.1, 0.15) is 0 Å². The summed E-state index contributed by atoms with van der Waals surface area (Å²) in [5.74, 6) is 0. The van der Waals surface area contributed by atoms with Gasteiger partial charge in [-0.3, -0.25) is 0 Å². The fourth-order valence-corrected chi connectivity index (χ4v) is 0. The molecule has 0 unspecified atom stereocenters. The molecule has 0 atom stereocenters. The number of rotatable bonds is 0. The van der Waals surface area contributed by atoms with Crippen LogP contribution in [0, 0.1) is 0 Å². The van der Waals surface area contributed by atoms with Crippen LogP contribution in [0.1, 0.15) is 0 Å². The van der Waals surface area contributed by atoms with Gasteiger partial charge >= 0.3 is 0 Å². The maximum absolute atomic E-state index is 0. The van der Waals surface area contributed by atoms with Crippen LogP contribution in [0.15, 0.2) is 0 Å². The van der Waals surface area contributed by atoms with Crippen LogP contribution in [0.25, 0.3) is 0 Å². The summed E-state index contributed by atoms with van der Waals surface area (Å²) in [4.78, 5) is 0. The Hall–Kier alpha value is 16.6. The minimum absolute atomic E-state index is 0. The molecular weight excluding hydrogens is 1800 g/mol. The molecule has 0 saturated heterocycles. The van der Waals surface area contributed by atoms with Crippen LogP contribution in [-0.4, -0.2) is 0 Å². The van der Waals surface area contributed by atoms with Crippen molar-refractivity contribution in [2.45, 2.75) is 0 Å². The van der Waals surface area contributed by atoms with Gasteiger partial charge < -0.3 is 0 Å². The van der Waals surface area contributed by atoms with Crippen molar-refractivity contribution in [3.8, 4) is 0 Å². The van der Waals surface area contributed by atoms with Crippen molar-refractivity contribution < 1.29 is 546 Å². The summed E-state index contributed by atoms with van der Waals surface area (Å²) in [6.45, 7) is 0. The second-order valence-corrected chi connectivity index (χ2v) is 0. The van der Waals surface area contributed by atoms with E-state index in [1.54, 1.807) is 0 Å². The Labute approximate surface area is 532 Å². The molecule has 0 heterocycles. The molecular formula is CuFe30Ni. The molecule has 0 fully saturated rings. The van der Waals surface area contributed by atoms with Crippen LogP contribution < -0.4 is 0 Å². The molecule has 261 valence electrons. The van der Waals surface area contributed by atoms with Crippen LogP contribution in [0.3, 0.4) is 0 Å². The second-order valence-electron chi connectivity index (χ2n) is 0. The van der Waals surface area contributed by atoms with Crippen LogP contribution in [0.4, 0.5) is 0 Å². The summed E-state index contributed by atoms with van der Waals surface area (Å²) in [6, 6.07) is 0. The molecule has 0 N–H and O–H groups in total. The Morgan fingerprint density at radius 2 is 0.0938 bits per heavy atom. The first kappa shape index (κ1) is 400.